The van der Waals surface area contributed by atoms with E-state index in [9.17, 15) is 5.11 Å². The molecule has 0 atom stereocenters. The number of rotatable bonds is 8. The van der Waals surface area contributed by atoms with Crippen LogP contribution in [-0.4, -0.2) is 15.1 Å². The molecule has 0 radical (unpaired) electrons. The number of phenols is 1. The van der Waals surface area contributed by atoms with Crippen LogP contribution in [0.4, 0.5) is 0 Å². The summed E-state index contributed by atoms with van der Waals surface area (Å²) in [6.45, 7) is 17.8. The minimum absolute atomic E-state index is 0. The largest absolute Gasteiger partial charge is 0.507 e. The standard InChI is InChI=1S/C54H51N2OS.Pt/c1-52(2,3)43-32-39(31-40(33-43)47-34-38(26-27-55-47)37-22-24-42(25-23-37)54(7,8)41-18-13-10-14-19-41)44-20-15-21-48-49(44)56-51(58-48)45-29-36(28-35-16-11-9-12-17-35)30-46(50(45)57)53(4,5)6;/h9-27,29-30,32-34,57H,28H2,1-8H3;/q-1;. The van der Waals surface area contributed by atoms with E-state index in [0.29, 0.717) is 5.75 Å². The number of hydrogen-bond acceptors (Lipinski definition) is 4. The van der Waals surface area contributed by atoms with E-state index in [1.54, 1.807) is 11.3 Å². The second-order valence-corrected chi connectivity index (χ2v) is 19.1. The normalized spacial score (nSPS) is 12.1. The van der Waals surface area contributed by atoms with Gasteiger partial charge in [0.25, 0.3) is 0 Å². The molecule has 0 saturated heterocycles. The van der Waals surface area contributed by atoms with Crippen LogP contribution in [0.2, 0.25) is 0 Å². The van der Waals surface area contributed by atoms with Crippen molar-refractivity contribution in [2.45, 2.75) is 78.1 Å². The maximum absolute atomic E-state index is 11.8. The Kier molecular flexibility index (Phi) is 11.7. The monoisotopic (exact) mass is 970 g/mol. The van der Waals surface area contributed by atoms with Gasteiger partial charge in [-0.25, -0.2) is 4.98 Å². The predicted molar refractivity (Wildman–Crippen MR) is 245 cm³/mol. The van der Waals surface area contributed by atoms with Gasteiger partial charge in [-0.1, -0.05) is 176 Å². The summed E-state index contributed by atoms with van der Waals surface area (Å²) in [6.07, 6.45) is 2.68. The molecule has 8 aromatic rings. The van der Waals surface area contributed by atoms with Crippen LogP contribution in [0.5, 0.6) is 5.75 Å². The number of pyridine rings is 1. The number of benzene rings is 6. The van der Waals surface area contributed by atoms with Crippen molar-refractivity contribution in [1.82, 2.24) is 9.97 Å². The van der Waals surface area contributed by atoms with Crippen molar-refractivity contribution in [2.24, 2.45) is 0 Å². The van der Waals surface area contributed by atoms with Gasteiger partial charge in [0.15, 0.2) is 0 Å². The van der Waals surface area contributed by atoms with Gasteiger partial charge >= 0.3 is 0 Å². The third-order valence-electron chi connectivity index (χ3n) is 11.4. The Bertz CT molecular complexity index is 2740. The number of aromatic hydroxyl groups is 1. The summed E-state index contributed by atoms with van der Waals surface area (Å²) in [5.74, 6) is 0.300. The molecule has 0 saturated carbocycles. The summed E-state index contributed by atoms with van der Waals surface area (Å²) < 4.78 is 1.06. The second kappa shape index (κ2) is 16.5. The van der Waals surface area contributed by atoms with Crippen LogP contribution >= 0.6 is 11.3 Å². The Hall–Kier alpha value is -5.15. The summed E-state index contributed by atoms with van der Waals surface area (Å²) >= 11 is 1.62. The van der Waals surface area contributed by atoms with Crippen LogP contribution < -0.4 is 0 Å². The SMILES string of the molecule is CC(C)(C)c1cc(-c2cc(-c3ccc(C(C)(C)c4ccccc4)cc3)ccn2)[c-]c(-c2cccc3sc(-c4cc(Cc5ccccc5)cc(C(C)(C)C)c4O)nc23)c1.[Pt]. The smallest absolute Gasteiger partial charge is 0.129 e. The number of thiazole rings is 1. The molecule has 1 N–H and O–H groups in total. The van der Waals surface area contributed by atoms with Crippen LogP contribution in [0, 0.1) is 6.07 Å². The first-order chi connectivity index (χ1) is 27.6. The van der Waals surface area contributed by atoms with Gasteiger partial charge < -0.3 is 5.11 Å². The van der Waals surface area contributed by atoms with Crippen molar-refractivity contribution in [2.75, 3.05) is 0 Å². The van der Waals surface area contributed by atoms with E-state index < -0.39 is 0 Å². The fourth-order valence-electron chi connectivity index (χ4n) is 7.79. The summed E-state index contributed by atoms with van der Waals surface area (Å²) in [5.41, 5.74) is 14.3. The Labute approximate surface area is 368 Å². The van der Waals surface area contributed by atoms with E-state index in [4.69, 9.17) is 9.97 Å². The maximum Gasteiger partial charge on any atom is 0.129 e. The van der Waals surface area contributed by atoms with Gasteiger partial charge in [0.1, 0.15) is 10.8 Å². The molecule has 3 nitrogen and oxygen atoms in total. The number of fused-ring (bicyclic) bond motifs is 1. The van der Waals surface area contributed by atoms with Crippen LogP contribution in [-0.2, 0) is 43.7 Å². The van der Waals surface area contributed by atoms with Crippen molar-refractivity contribution in [3.63, 3.8) is 0 Å². The van der Waals surface area contributed by atoms with Crippen molar-refractivity contribution in [1.29, 1.82) is 0 Å². The Morgan fingerprint density at radius 1 is 0.576 bits per heavy atom. The molecule has 300 valence electrons. The Morgan fingerprint density at radius 2 is 1.24 bits per heavy atom. The fraction of sp³-hybridized carbons (Fsp3) is 0.222. The zero-order chi connectivity index (χ0) is 40.8. The first-order valence-electron chi connectivity index (χ1n) is 20.2. The Balaban J connectivity index is 0.00000528. The number of nitrogens with zero attached hydrogens (tertiary/aromatic N) is 2. The molecule has 0 bridgehead atoms. The van der Waals surface area contributed by atoms with Gasteiger partial charge in [-0.3, -0.25) is 4.98 Å². The minimum Gasteiger partial charge on any atom is -0.507 e. The summed E-state index contributed by atoms with van der Waals surface area (Å²) in [7, 11) is 0. The summed E-state index contributed by atoms with van der Waals surface area (Å²) in [4.78, 5) is 10.2. The molecule has 2 heterocycles. The molecule has 0 amide bonds. The predicted octanol–water partition coefficient (Wildman–Crippen LogP) is 14.4. The van der Waals surface area contributed by atoms with Gasteiger partial charge in [0.2, 0.25) is 0 Å². The molecule has 0 fully saturated rings. The summed E-state index contributed by atoms with van der Waals surface area (Å²) in [5, 5.41) is 12.6. The van der Waals surface area contributed by atoms with E-state index in [2.05, 4.69) is 195 Å². The average molecular weight is 971 g/mol. The first kappa shape index (κ1) is 42.0. The molecular weight excluding hydrogens is 920 g/mol. The van der Waals surface area contributed by atoms with Gasteiger partial charge in [-0.2, -0.15) is 0 Å². The van der Waals surface area contributed by atoms with Gasteiger partial charge in [0, 0.05) is 48.6 Å². The molecule has 59 heavy (non-hydrogen) atoms. The quantitative estimate of drug-likeness (QED) is 0.154. The Morgan fingerprint density at radius 3 is 1.92 bits per heavy atom. The minimum atomic E-state index is -0.250. The molecule has 2 aromatic heterocycles. The van der Waals surface area contributed by atoms with Crippen LogP contribution in [0.1, 0.15) is 88.8 Å². The third-order valence-corrected chi connectivity index (χ3v) is 12.4. The van der Waals surface area contributed by atoms with Crippen LogP contribution in [0.15, 0.2) is 146 Å². The summed E-state index contributed by atoms with van der Waals surface area (Å²) in [6, 6.07) is 53.3. The third kappa shape index (κ3) is 8.77. The molecule has 0 spiro atoms. The number of hydrogen-bond donors (Lipinski definition) is 1. The topological polar surface area (TPSA) is 46.0 Å². The molecule has 6 aromatic carbocycles. The first-order valence-corrected chi connectivity index (χ1v) is 21.0. The van der Waals surface area contributed by atoms with Crippen LogP contribution in [0.25, 0.3) is 54.3 Å². The maximum atomic E-state index is 11.8. The number of phenolic OH excluding ortho intramolecular Hbond substituents is 1. The molecule has 0 aliphatic carbocycles. The van der Waals surface area contributed by atoms with E-state index in [1.165, 1.54) is 22.3 Å². The molecule has 0 aliphatic heterocycles. The van der Waals surface area contributed by atoms with E-state index in [1.807, 2.05) is 12.3 Å². The molecular formula is C54H51N2OPtS-. The van der Waals surface area contributed by atoms with E-state index >= 15 is 0 Å². The van der Waals surface area contributed by atoms with Gasteiger partial charge in [0.05, 0.1) is 11.1 Å². The zero-order valence-electron chi connectivity index (χ0n) is 35.1. The van der Waals surface area contributed by atoms with Gasteiger partial charge in [-0.15, -0.1) is 40.7 Å². The second-order valence-electron chi connectivity index (χ2n) is 18.1. The van der Waals surface area contributed by atoms with E-state index in [0.717, 1.165) is 71.8 Å². The van der Waals surface area contributed by atoms with Crippen molar-refractivity contribution in [3.05, 3.63) is 185 Å². The molecule has 5 heteroatoms. The number of aromatic nitrogens is 2. The molecule has 0 aliphatic rings. The van der Waals surface area contributed by atoms with Crippen LogP contribution in [0.3, 0.4) is 0 Å². The van der Waals surface area contributed by atoms with Crippen molar-refractivity contribution >= 4 is 21.6 Å². The fourth-order valence-corrected chi connectivity index (χ4v) is 8.80. The zero-order valence-corrected chi connectivity index (χ0v) is 38.2. The van der Waals surface area contributed by atoms with Gasteiger partial charge in [-0.05, 0) is 68.8 Å². The molecule has 8 rings (SSSR count). The number of para-hydroxylation sites is 1. The van der Waals surface area contributed by atoms with Crippen molar-refractivity contribution in [3.8, 4) is 49.8 Å². The molecule has 0 unspecified atom stereocenters. The average Bonchev–Trinajstić information content (AvgIpc) is 3.66. The van der Waals surface area contributed by atoms with Crippen molar-refractivity contribution < 1.29 is 26.2 Å². The van der Waals surface area contributed by atoms with E-state index in [-0.39, 0.29) is 37.3 Å².